The predicted octanol–water partition coefficient (Wildman–Crippen LogP) is 0.986. The Morgan fingerprint density at radius 1 is 1.26 bits per heavy atom. The Morgan fingerprint density at radius 2 is 2.05 bits per heavy atom. The van der Waals surface area contributed by atoms with Crippen LogP contribution < -0.4 is 4.90 Å². The van der Waals surface area contributed by atoms with Crippen LogP contribution in [0.3, 0.4) is 0 Å². The zero-order valence-corrected chi connectivity index (χ0v) is 11.3. The number of β-amino-alcohol motifs (C(OH)–C–C–N with tert-alkyl or cyclic N) is 1. The zero-order chi connectivity index (χ0) is 13.2. The number of aliphatic hydroxyl groups excluding tert-OH is 1. The highest BCUT2D eigenvalue weighted by Gasteiger charge is 2.19. The molecule has 0 radical (unpaired) electrons. The predicted molar refractivity (Wildman–Crippen MR) is 76.6 cm³/mol. The monoisotopic (exact) mass is 260 g/mol. The van der Waals surface area contributed by atoms with Crippen molar-refractivity contribution in [2.45, 2.75) is 6.92 Å². The van der Waals surface area contributed by atoms with E-state index in [2.05, 4.69) is 39.9 Å². The number of para-hydroxylation sites is 1. The van der Waals surface area contributed by atoms with Gasteiger partial charge in [-0.2, -0.15) is 0 Å². The van der Waals surface area contributed by atoms with E-state index in [1.54, 1.807) is 0 Å². The summed E-state index contributed by atoms with van der Waals surface area (Å²) in [7, 11) is 0. The summed E-state index contributed by atoms with van der Waals surface area (Å²) >= 11 is 0. The molecule has 19 heavy (non-hydrogen) atoms. The zero-order valence-electron chi connectivity index (χ0n) is 11.3. The number of aromatic amines is 1. The fourth-order valence-electron chi connectivity index (χ4n) is 2.64. The van der Waals surface area contributed by atoms with Gasteiger partial charge in [-0.05, 0) is 18.6 Å². The van der Waals surface area contributed by atoms with E-state index in [0.29, 0.717) is 0 Å². The Morgan fingerprint density at radius 3 is 2.74 bits per heavy atom. The van der Waals surface area contributed by atoms with Crippen LogP contribution in [0.25, 0.3) is 11.0 Å². The number of piperazine rings is 1. The molecule has 0 amide bonds. The number of anilines is 1. The van der Waals surface area contributed by atoms with Crippen LogP contribution in [0.15, 0.2) is 18.2 Å². The van der Waals surface area contributed by atoms with Gasteiger partial charge in [0.2, 0.25) is 5.95 Å². The van der Waals surface area contributed by atoms with Crippen molar-refractivity contribution in [3.63, 3.8) is 0 Å². The van der Waals surface area contributed by atoms with Crippen LogP contribution in [0.2, 0.25) is 0 Å². The Bertz CT molecular complexity index is 558. The van der Waals surface area contributed by atoms with Crippen LogP contribution >= 0.6 is 0 Å². The van der Waals surface area contributed by atoms with Gasteiger partial charge in [-0.15, -0.1) is 0 Å². The highest BCUT2D eigenvalue weighted by molar-refractivity contribution is 5.80. The molecule has 102 valence electrons. The maximum absolute atomic E-state index is 8.95. The van der Waals surface area contributed by atoms with Crippen LogP contribution in [-0.4, -0.2) is 59.3 Å². The maximum atomic E-state index is 8.95. The van der Waals surface area contributed by atoms with Crippen molar-refractivity contribution in [2.75, 3.05) is 44.2 Å². The first-order chi connectivity index (χ1) is 9.28. The summed E-state index contributed by atoms with van der Waals surface area (Å²) in [5, 5.41) is 8.95. The number of hydrogen-bond donors (Lipinski definition) is 2. The minimum atomic E-state index is 0.240. The minimum absolute atomic E-state index is 0.240. The molecule has 2 N–H and O–H groups in total. The molecule has 1 aliphatic heterocycles. The topological polar surface area (TPSA) is 55.4 Å². The fraction of sp³-hybridized carbons (Fsp3) is 0.500. The first-order valence-corrected chi connectivity index (χ1v) is 6.81. The summed E-state index contributed by atoms with van der Waals surface area (Å²) in [5.74, 6) is 0.966. The molecule has 5 nitrogen and oxygen atoms in total. The molecular formula is C14H20N4O. The number of aliphatic hydroxyl groups is 1. The molecule has 0 aliphatic carbocycles. The standard InChI is InChI=1S/C14H20N4O/c1-11-3-2-4-12-13(11)16-14(15-12)18-7-5-17(6-8-18)9-10-19/h2-4,19H,5-10H2,1H3,(H,15,16). The van der Waals surface area contributed by atoms with Gasteiger partial charge in [0.05, 0.1) is 17.6 Å². The number of imidazole rings is 1. The summed E-state index contributed by atoms with van der Waals surface area (Å²) in [5.41, 5.74) is 3.38. The van der Waals surface area contributed by atoms with Gasteiger partial charge >= 0.3 is 0 Å². The lowest BCUT2D eigenvalue weighted by Crippen LogP contribution is -2.47. The largest absolute Gasteiger partial charge is 0.395 e. The summed E-state index contributed by atoms with van der Waals surface area (Å²) in [4.78, 5) is 12.7. The molecule has 0 atom stereocenters. The summed E-state index contributed by atoms with van der Waals surface area (Å²) < 4.78 is 0. The maximum Gasteiger partial charge on any atom is 0.203 e. The van der Waals surface area contributed by atoms with Gasteiger partial charge in [0.15, 0.2) is 0 Å². The molecule has 2 heterocycles. The molecule has 0 bridgehead atoms. The Kier molecular flexibility index (Phi) is 3.40. The van der Waals surface area contributed by atoms with Crippen molar-refractivity contribution in [2.24, 2.45) is 0 Å². The Labute approximate surface area is 112 Å². The van der Waals surface area contributed by atoms with Gasteiger partial charge in [0.25, 0.3) is 0 Å². The van der Waals surface area contributed by atoms with Gasteiger partial charge in [0, 0.05) is 32.7 Å². The van der Waals surface area contributed by atoms with Crippen LogP contribution in [-0.2, 0) is 0 Å². The Hall–Kier alpha value is -1.59. The van der Waals surface area contributed by atoms with Crippen molar-refractivity contribution in [3.8, 4) is 0 Å². The van der Waals surface area contributed by atoms with E-state index in [-0.39, 0.29) is 6.61 Å². The number of H-pyrrole nitrogens is 1. The third-order valence-corrected chi connectivity index (χ3v) is 3.79. The van der Waals surface area contributed by atoms with Gasteiger partial charge in [-0.25, -0.2) is 4.98 Å². The van der Waals surface area contributed by atoms with Crippen molar-refractivity contribution >= 4 is 17.0 Å². The van der Waals surface area contributed by atoms with Gasteiger partial charge in [-0.3, -0.25) is 4.90 Å². The van der Waals surface area contributed by atoms with Crippen molar-refractivity contribution in [1.29, 1.82) is 0 Å². The number of aryl methyl sites for hydroxylation is 1. The SMILES string of the molecule is Cc1cccc2[nH]c(N3CCN(CCO)CC3)nc12. The number of fused-ring (bicyclic) bond motifs is 1. The summed E-state index contributed by atoms with van der Waals surface area (Å²) in [6.45, 7) is 6.98. The van der Waals surface area contributed by atoms with E-state index in [1.807, 2.05) is 0 Å². The molecule has 3 rings (SSSR count). The second kappa shape index (κ2) is 5.19. The number of benzene rings is 1. The van der Waals surface area contributed by atoms with Crippen LogP contribution in [0.1, 0.15) is 5.56 Å². The fourth-order valence-corrected chi connectivity index (χ4v) is 2.64. The van der Waals surface area contributed by atoms with Crippen molar-refractivity contribution in [1.82, 2.24) is 14.9 Å². The smallest absolute Gasteiger partial charge is 0.203 e. The van der Waals surface area contributed by atoms with E-state index >= 15 is 0 Å². The van der Waals surface area contributed by atoms with E-state index in [1.165, 1.54) is 5.56 Å². The van der Waals surface area contributed by atoms with Gasteiger partial charge in [0.1, 0.15) is 0 Å². The molecule has 1 aromatic heterocycles. The average molecular weight is 260 g/mol. The number of aromatic nitrogens is 2. The normalized spacial score (nSPS) is 17.3. The number of nitrogens with zero attached hydrogens (tertiary/aromatic N) is 3. The molecule has 0 saturated carbocycles. The van der Waals surface area contributed by atoms with Gasteiger partial charge in [-0.1, -0.05) is 12.1 Å². The van der Waals surface area contributed by atoms with E-state index in [4.69, 9.17) is 10.1 Å². The first kappa shape index (κ1) is 12.4. The average Bonchev–Trinajstić information content (AvgIpc) is 2.85. The highest BCUT2D eigenvalue weighted by Crippen LogP contribution is 2.21. The number of nitrogens with one attached hydrogen (secondary N) is 1. The number of hydrogen-bond acceptors (Lipinski definition) is 4. The van der Waals surface area contributed by atoms with Crippen molar-refractivity contribution in [3.05, 3.63) is 23.8 Å². The van der Waals surface area contributed by atoms with Crippen LogP contribution in [0, 0.1) is 6.92 Å². The number of rotatable bonds is 3. The first-order valence-electron chi connectivity index (χ1n) is 6.81. The third kappa shape index (κ3) is 2.43. The summed E-state index contributed by atoms with van der Waals surface area (Å²) in [6, 6.07) is 6.21. The molecule has 0 unspecified atom stereocenters. The second-order valence-electron chi connectivity index (χ2n) is 5.08. The summed E-state index contributed by atoms with van der Waals surface area (Å²) in [6.07, 6.45) is 0. The molecule has 1 fully saturated rings. The lowest BCUT2D eigenvalue weighted by atomic mass is 10.2. The second-order valence-corrected chi connectivity index (χ2v) is 5.08. The van der Waals surface area contributed by atoms with Crippen LogP contribution in [0.4, 0.5) is 5.95 Å². The lowest BCUT2D eigenvalue weighted by molar-refractivity contribution is 0.188. The molecule has 1 aliphatic rings. The molecule has 0 spiro atoms. The molecule has 1 saturated heterocycles. The van der Waals surface area contributed by atoms with Crippen LogP contribution in [0.5, 0.6) is 0 Å². The highest BCUT2D eigenvalue weighted by atomic mass is 16.3. The quantitative estimate of drug-likeness (QED) is 0.864. The Balaban J connectivity index is 1.77. The lowest BCUT2D eigenvalue weighted by Gasteiger charge is -2.34. The van der Waals surface area contributed by atoms with E-state index in [9.17, 15) is 0 Å². The molecule has 5 heteroatoms. The molecule has 2 aromatic rings. The molecule has 1 aromatic carbocycles. The van der Waals surface area contributed by atoms with Crippen molar-refractivity contribution < 1.29 is 5.11 Å². The van der Waals surface area contributed by atoms with E-state index in [0.717, 1.165) is 49.7 Å². The molecular weight excluding hydrogens is 240 g/mol. The van der Waals surface area contributed by atoms with Gasteiger partial charge < -0.3 is 15.0 Å². The van der Waals surface area contributed by atoms with E-state index < -0.39 is 0 Å². The minimum Gasteiger partial charge on any atom is -0.395 e. The third-order valence-electron chi connectivity index (χ3n) is 3.79.